The standard InChI is InChI=1S/C23H20ClF4N3O/c24-21-16(5-3-6-17(21)25)22(32)30-14-10-8-13(9-11-14)29-19-12-20(23(26,27)28)31-18-7-2-1-4-15(18)19/h1-7,12-14H,8-11H2,(H,29,31)(H,30,32). The van der Waals surface area contributed by atoms with Crippen molar-refractivity contribution in [2.24, 2.45) is 0 Å². The summed E-state index contributed by atoms with van der Waals surface area (Å²) in [4.78, 5) is 16.2. The van der Waals surface area contributed by atoms with E-state index in [1.807, 2.05) is 0 Å². The fourth-order valence-electron chi connectivity index (χ4n) is 3.98. The molecule has 2 aromatic carbocycles. The first-order valence-electron chi connectivity index (χ1n) is 10.2. The fourth-order valence-corrected chi connectivity index (χ4v) is 4.20. The second-order valence-electron chi connectivity index (χ2n) is 7.84. The average Bonchev–Trinajstić information content (AvgIpc) is 2.76. The van der Waals surface area contributed by atoms with Crippen molar-refractivity contribution >= 4 is 34.1 Å². The van der Waals surface area contributed by atoms with Crippen LogP contribution in [0, 0.1) is 5.82 Å². The van der Waals surface area contributed by atoms with Crippen LogP contribution < -0.4 is 10.6 Å². The smallest absolute Gasteiger partial charge is 0.382 e. The van der Waals surface area contributed by atoms with Crippen molar-refractivity contribution in [3.8, 4) is 0 Å². The van der Waals surface area contributed by atoms with Gasteiger partial charge in [-0.05, 0) is 49.9 Å². The molecule has 1 fully saturated rings. The van der Waals surface area contributed by atoms with Crippen LogP contribution in [0.25, 0.3) is 10.9 Å². The van der Waals surface area contributed by atoms with Crippen molar-refractivity contribution in [3.05, 3.63) is 70.6 Å². The van der Waals surface area contributed by atoms with Gasteiger partial charge in [0.05, 0.1) is 16.1 Å². The lowest BCUT2D eigenvalue weighted by Gasteiger charge is -2.31. The molecular formula is C23H20ClF4N3O. The maximum absolute atomic E-state index is 13.6. The molecular weight excluding hydrogens is 446 g/mol. The Bertz CT molecular complexity index is 1140. The van der Waals surface area contributed by atoms with Crippen LogP contribution in [0.2, 0.25) is 5.02 Å². The minimum absolute atomic E-state index is 0.0483. The van der Waals surface area contributed by atoms with Crippen LogP contribution in [-0.4, -0.2) is 23.0 Å². The summed E-state index contributed by atoms with van der Waals surface area (Å²) in [6, 6.07) is 11.6. The molecule has 0 atom stereocenters. The second-order valence-corrected chi connectivity index (χ2v) is 8.22. The van der Waals surface area contributed by atoms with Crippen LogP contribution in [0.4, 0.5) is 23.2 Å². The van der Waals surface area contributed by atoms with Crippen molar-refractivity contribution in [2.75, 3.05) is 5.32 Å². The number of nitrogens with one attached hydrogen (secondary N) is 2. The maximum Gasteiger partial charge on any atom is 0.433 e. The van der Waals surface area contributed by atoms with Gasteiger partial charge in [0.25, 0.3) is 5.91 Å². The van der Waals surface area contributed by atoms with Crippen LogP contribution >= 0.6 is 11.6 Å². The number of pyridine rings is 1. The van der Waals surface area contributed by atoms with E-state index in [9.17, 15) is 22.4 Å². The number of carbonyl (C=O) groups is 1. The lowest BCUT2D eigenvalue weighted by molar-refractivity contribution is -0.140. The Morgan fingerprint density at radius 1 is 1.00 bits per heavy atom. The van der Waals surface area contributed by atoms with E-state index in [0.717, 1.165) is 6.07 Å². The van der Waals surface area contributed by atoms with Gasteiger partial charge < -0.3 is 10.6 Å². The number of halogens is 5. The highest BCUT2D eigenvalue weighted by atomic mass is 35.5. The van der Waals surface area contributed by atoms with E-state index in [0.29, 0.717) is 36.8 Å². The first-order valence-corrected chi connectivity index (χ1v) is 10.6. The molecule has 3 aromatic rings. The largest absolute Gasteiger partial charge is 0.433 e. The molecule has 1 amide bonds. The highest BCUT2D eigenvalue weighted by molar-refractivity contribution is 6.34. The quantitative estimate of drug-likeness (QED) is 0.451. The van der Waals surface area contributed by atoms with Gasteiger partial charge in [0.1, 0.15) is 11.5 Å². The van der Waals surface area contributed by atoms with Gasteiger partial charge >= 0.3 is 6.18 Å². The van der Waals surface area contributed by atoms with Gasteiger partial charge in [-0.25, -0.2) is 9.37 Å². The SMILES string of the molecule is O=C(NC1CCC(Nc2cc(C(F)(F)F)nc3ccccc23)CC1)c1cccc(F)c1Cl. The van der Waals surface area contributed by atoms with Crippen LogP contribution in [0.1, 0.15) is 41.7 Å². The molecule has 0 radical (unpaired) electrons. The summed E-state index contributed by atoms with van der Waals surface area (Å²) >= 11 is 5.88. The number of anilines is 1. The van der Waals surface area contributed by atoms with E-state index in [2.05, 4.69) is 15.6 Å². The Labute approximate surface area is 187 Å². The number of hydrogen-bond donors (Lipinski definition) is 2. The third-order valence-electron chi connectivity index (χ3n) is 5.62. The molecule has 0 bridgehead atoms. The number of aromatic nitrogens is 1. The molecule has 2 N–H and O–H groups in total. The Morgan fingerprint density at radius 2 is 1.69 bits per heavy atom. The van der Waals surface area contributed by atoms with E-state index >= 15 is 0 Å². The van der Waals surface area contributed by atoms with Gasteiger partial charge in [0.2, 0.25) is 0 Å². The summed E-state index contributed by atoms with van der Waals surface area (Å²) in [7, 11) is 0. The predicted molar refractivity (Wildman–Crippen MR) is 115 cm³/mol. The number of alkyl halides is 3. The molecule has 32 heavy (non-hydrogen) atoms. The molecule has 0 unspecified atom stereocenters. The average molecular weight is 466 g/mol. The van der Waals surface area contributed by atoms with E-state index < -0.39 is 23.6 Å². The molecule has 1 aliphatic rings. The number of amides is 1. The second kappa shape index (κ2) is 8.94. The van der Waals surface area contributed by atoms with Gasteiger partial charge in [0.15, 0.2) is 0 Å². The highest BCUT2D eigenvalue weighted by Gasteiger charge is 2.34. The van der Waals surface area contributed by atoms with E-state index in [-0.39, 0.29) is 28.2 Å². The molecule has 4 nitrogen and oxygen atoms in total. The summed E-state index contributed by atoms with van der Waals surface area (Å²) in [6.45, 7) is 0. The Kier molecular flexibility index (Phi) is 6.24. The number of nitrogens with zero attached hydrogens (tertiary/aromatic N) is 1. The first-order chi connectivity index (χ1) is 15.2. The lowest BCUT2D eigenvalue weighted by atomic mass is 9.90. The topological polar surface area (TPSA) is 54.0 Å². The summed E-state index contributed by atoms with van der Waals surface area (Å²) in [5.74, 6) is -1.10. The van der Waals surface area contributed by atoms with Crippen LogP contribution in [-0.2, 0) is 6.18 Å². The molecule has 9 heteroatoms. The van der Waals surface area contributed by atoms with E-state index in [1.165, 1.54) is 18.2 Å². The number of hydrogen-bond acceptors (Lipinski definition) is 3. The van der Waals surface area contributed by atoms with Crippen LogP contribution in [0.15, 0.2) is 48.5 Å². The predicted octanol–water partition coefficient (Wildman–Crippen LogP) is 6.20. The van der Waals surface area contributed by atoms with Crippen LogP contribution in [0.5, 0.6) is 0 Å². The molecule has 4 rings (SSSR count). The maximum atomic E-state index is 13.6. The van der Waals surface area contributed by atoms with Crippen molar-refractivity contribution in [2.45, 2.75) is 43.9 Å². The van der Waals surface area contributed by atoms with Crippen molar-refractivity contribution < 1.29 is 22.4 Å². The molecule has 0 spiro atoms. The molecule has 1 heterocycles. The Hall–Kier alpha value is -2.87. The normalized spacial score (nSPS) is 19.0. The number of rotatable bonds is 4. The number of benzene rings is 2. The van der Waals surface area contributed by atoms with E-state index in [1.54, 1.807) is 24.3 Å². The molecule has 0 saturated heterocycles. The molecule has 1 aromatic heterocycles. The summed E-state index contributed by atoms with van der Waals surface area (Å²) in [5.41, 5.74) is -0.193. The van der Waals surface area contributed by atoms with Gasteiger partial charge in [-0.15, -0.1) is 0 Å². The number of fused-ring (bicyclic) bond motifs is 1. The Balaban J connectivity index is 1.43. The van der Waals surface area contributed by atoms with Crippen LogP contribution in [0.3, 0.4) is 0 Å². The first kappa shape index (κ1) is 22.3. The third kappa shape index (κ3) is 4.80. The van der Waals surface area contributed by atoms with Gasteiger partial charge in [-0.2, -0.15) is 13.2 Å². The lowest BCUT2D eigenvalue weighted by Crippen LogP contribution is -2.40. The highest BCUT2D eigenvalue weighted by Crippen LogP contribution is 2.34. The van der Waals surface area contributed by atoms with Gasteiger partial charge in [-0.3, -0.25) is 4.79 Å². The molecule has 1 aliphatic carbocycles. The number of carbonyl (C=O) groups excluding carboxylic acids is 1. The van der Waals surface area contributed by atoms with Gasteiger partial charge in [-0.1, -0.05) is 35.9 Å². The zero-order valence-corrected chi connectivity index (χ0v) is 17.6. The number of para-hydroxylation sites is 1. The zero-order chi connectivity index (χ0) is 22.9. The molecule has 1 saturated carbocycles. The molecule has 168 valence electrons. The minimum atomic E-state index is -4.54. The monoisotopic (exact) mass is 465 g/mol. The van der Waals surface area contributed by atoms with Gasteiger partial charge in [0, 0.05) is 23.2 Å². The van der Waals surface area contributed by atoms with Crippen molar-refractivity contribution in [1.82, 2.24) is 10.3 Å². The summed E-state index contributed by atoms with van der Waals surface area (Å²) < 4.78 is 53.4. The summed E-state index contributed by atoms with van der Waals surface area (Å²) in [6.07, 6.45) is -1.97. The zero-order valence-electron chi connectivity index (χ0n) is 16.8. The third-order valence-corrected chi connectivity index (χ3v) is 6.01. The summed E-state index contributed by atoms with van der Waals surface area (Å²) in [5, 5.41) is 6.51. The Morgan fingerprint density at radius 3 is 2.41 bits per heavy atom. The van der Waals surface area contributed by atoms with Crippen molar-refractivity contribution in [1.29, 1.82) is 0 Å². The fraction of sp³-hybridized carbons (Fsp3) is 0.304. The molecule has 0 aliphatic heterocycles. The minimum Gasteiger partial charge on any atom is -0.382 e. The van der Waals surface area contributed by atoms with E-state index in [4.69, 9.17) is 11.6 Å². The van der Waals surface area contributed by atoms with Crippen molar-refractivity contribution in [3.63, 3.8) is 0 Å².